The molecule has 2 heterocycles. The number of rotatable bonds is 3. The molecule has 0 atom stereocenters. The first kappa shape index (κ1) is 14.2. The summed E-state index contributed by atoms with van der Waals surface area (Å²) in [5, 5.41) is 8.68. The number of sulfone groups is 1. The fourth-order valence-electron chi connectivity index (χ4n) is 2.08. The van der Waals surface area contributed by atoms with Crippen molar-refractivity contribution in [3.8, 4) is 0 Å². The van der Waals surface area contributed by atoms with E-state index < -0.39 is 26.5 Å². The Labute approximate surface area is 125 Å². The fraction of sp³-hybridized carbons (Fsp3) is 0.0714. The van der Waals surface area contributed by atoms with Gasteiger partial charge in [0.1, 0.15) is 5.52 Å². The van der Waals surface area contributed by atoms with E-state index in [9.17, 15) is 18.3 Å². The normalized spacial score (nSPS) is 11.7. The number of nitrogens with one attached hydrogen (secondary N) is 1. The fourth-order valence-corrected chi connectivity index (χ4v) is 3.50. The van der Waals surface area contributed by atoms with E-state index >= 15 is 0 Å². The lowest BCUT2D eigenvalue weighted by Gasteiger charge is -2.07. The van der Waals surface area contributed by atoms with Gasteiger partial charge < -0.3 is 10.1 Å². The van der Waals surface area contributed by atoms with Gasteiger partial charge in [0, 0.05) is 6.20 Å². The first-order valence-electron chi connectivity index (χ1n) is 6.30. The number of aryl methyl sites for hydroxylation is 1. The number of hydrogen-bond acceptors (Lipinski definition) is 5. The zero-order valence-corrected chi connectivity index (χ0v) is 12.3. The monoisotopic (exact) mass is 317 g/mol. The molecule has 0 saturated heterocycles. The van der Waals surface area contributed by atoms with Crippen LogP contribution in [0.3, 0.4) is 0 Å². The number of hydrogen-bond donors (Lipinski definition) is 2. The molecule has 0 aliphatic heterocycles. The average Bonchev–Trinajstić information content (AvgIpc) is 2.93. The van der Waals surface area contributed by atoms with E-state index in [4.69, 9.17) is 0 Å². The molecule has 112 valence electrons. The Morgan fingerprint density at radius 1 is 1.23 bits per heavy atom. The van der Waals surface area contributed by atoms with E-state index in [1.165, 1.54) is 24.4 Å². The highest BCUT2D eigenvalue weighted by Crippen LogP contribution is 2.24. The van der Waals surface area contributed by atoms with E-state index in [-0.39, 0.29) is 10.5 Å². The third-order valence-corrected chi connectivity index (χ3v) is 4.78. The Bertz CT molecular complexity index is 992. The van der Waals surface area contributed by atoms with Crippen LogP contribution < -0.4 is 0 Å². The summed E-state index contributed by atoms with van der Waals surface area (Å²) in [6, 6.07) is 7.72. The van der Waals surface area contributed by atoms with E-state index in [0.717, 1.165) is 5.56 Å². The molecule has 0 aliphatic carbocycles. The first-order valence-corrected chi connectivity index (χ1v) is 7.78. The van der Waals surface area contributed by atoms with Crippen LogP contribution in [0.5, 0.6) is 0 Å². The lowest BCUT2D eigenvalue weighted by molar-refractivity contribution is 0.0685. The average molecular weight is 317 g/mol. The molecule has 0 radical (unpaired) electrons. The lowest BCUT2D eigenvalue weighted by atomic mass is 10.2. The molecule has 0 spiro atoms. The number of benzene rings is 1. The summed E-state index contributed by atoms with van der Waals surface area (Å²) >= 11 is 0. The van der Waals surface area contributed by atoms with Crippen LogP contribution in [0, 0.1) is 6.92 Å². The minimum absolute atomic E-state index is 0.0183. The van der Waals surface area contributed by atoms with Crippen molar-refractivity contribution in [3.05, 3.63) is 47.8 Å². The molecule has 3 aromatic rings. The van der Waals surface area contributed by atoms with Crippen LogP contribution in [0.2, 0.25) is 0 Å². The minimum Gasteiger partial charge on any atom is -0.476 e. The van der Waals surface area contributed by atoms with Gasteiger partial charge in [-0.25, -0.2) is 23.2 Å². The number of H-pyrrole nitrogens is 1. The Balaban J connectivity index is 2.32. The summed E-state index contributed by atoms with van der Waals surface area (Å²) in [4.78, 5) is 21.9. The van der Waals surface area contributed by atoms with Crippen molar-refractivity contribution < 1.29 is 18.3 Å². The van der Waals surface area contributed by atoms with Crippen molar-refractivity contribution in [2.45, 2.75) is 16.8 Å². The highest BCUT2D eigenvalue weighted by atomic mass is 32.2. The summed E-state index contributed by atoms with van der Waals surface area (Å²) in [7, 11) is -4.08. The maximum absolute atomic E-state index is 12.7. The molecular weight excluding hydrogens is 306 g/mol. The van der Waals surface area contributed by atoms with Crippen molar-refractivity contribution >= 4 is 27.0 Å². The summed E-state index contributed by atoms with van der Waals surface area (Å²) in [5.41, 5.74) is 0.664. The predicted octanol–water partition coefficient (Wildman–Crippen LogP) is 1.80. The van der Waals surface area contributed by atoms with Crippen LogP contribution in [-0.4, -0.2) is 34.4 Å². The molecule has 22 heavy (non-hydrogen) atoms. The molecule has 8 heteroatoms. The van der Waals surface area contributed by atoms with Gasteiger partial charge in [0.25, 0.3) is 0 Å². The standard InChI is InChI=1S/C14H11N3O4S/c1-8-3-2-4-9(7-8)22(20,21)13-11(14(18)19)16-10-5-6-15-12(10)17-13/h2-7H,1H3,(H,15,17)(H,18,19). The zero-order chi connectivity index (χ0) is 15.9. The number of nitrogens with zero attached hydrogens (tertiary/aromatic N) is 2. The Hall–Kier alpha value is -2.74. The zero-order valence-electron chi connectivity index (χ0n) is 11.4. The topological polar surface area (TPSA) is 113 Å². The summed E-state index contributed by atoms with van der Waals surface area (Å²) in [5.74, 6) is -1.44. The Kier molecular flexibility index (Phi) is 3.18. The number of aromatic carboxylic acids is 1. The van der Waals surface area contributed by atoms with E-state index in [2.05, 4.69) is 15.0 Å². The van der Waals surface area contributed by atoms with Gasteiger partial charge in [-0.05, 0) is 30.7 Å². The predicted molar refractivity (Wildman–Crippen MR) is 77.5 cm³/mol. The van der Waals surface area contributed by atoms with Crippen molar-refractivity contribution in [3.63, 3.8) is 0 Å². The molecule has 0 fully saturated rings. The van der Waals surface area contributed by atoms with Crippen LogP contribution in [0.1, 0.15) is 16.1 Å². The molecule has 0 bridgehead atoms. The molecule has 0 aliphatic rings. The molecule has 2 aromatic heterocycles. The van der Waals surface area contributed by atoms with Gasteiger partial charge >= 0.3 is 5.97 Å². The number of aromatic amines is 1. The SMILES string of the molecule is Cc1cccc(S(=O)(=O)c2nc3[nH]ccc3nc2C(=O)O)c1. The van der Waals surface area contributed by atoms with Crippen molar-refractivity contribution in [1.82, 2.24) is 15.0 Å². The van der Waals surface area contributed by atoms with Crippen molar-refractivity contribution in [2.75, 3.05) is 0 Å². The van der Waals surface area contributed by atoms with Gasteiger partial charge in [-0.15, -0.1) is 0 Å². The van der Waals surface area contributed by atoms with Crippen molar-refractivity contribution in [2.24, 2.45) is 0 Å². The third-order valence-electron chi connectivity index (χ3n) is 3.11. The summed E-state index contributed by atoms with van der Waals surface area (Å²) in [6.07, 6.45) is 1.51. The molecule has 1 aromatic carbocycles. The second-order valence-corrected chi connectivity index (χ2v) is 6.58. The third kappa shape index (κ3) is 2.23. The second-order valence-electron chi connectivity index (χ2n) is 4.71. The van der Waals surface area contributed by atoms with E-state index in [1.807, 2.05) is 0 Å². The van der Waals surface area contributed by atoms with Crippen molar-refractivity contribution in [1.29, 1.82) is 0 Å². The first-order chi connectivity index (χ1) is 10.4. The number of carbonyl (C=O) groups is 1. The highest BCUT2D eigenvalue weighted by Gasteiger charge is 2.28. The Morgan fingerprint density at radius 2 is 2.00 bits per heavy atom. The number of aromatic nitrogens is 3. The second kappa shape index (κ2) is 4.92. The lowest BCUT2D eigenvalue weighted by Crippen LogP contribution is -2.14. The van der Waals surface area contributed by atoms with Gasteiger partial charge in [0.15, 0.2) is 16.4 Å². The van der Waals surface area contributed by atoms with Gasteiger partial charge in [0.05, 0.1) is 4.90 Å². The minimum atomic E-state index is -4.08. The molecule has 0 saturated carbocycles. The smallest absolute Gasteiger partial charge is 0.357 e. The number of carboxylic acids is 1. The maximum Gasteiger partial charge on any atom is 0.357 e. The quantitative estimate of drug-likeness (QED) is 0.761. The van der Waals surface area contributed by atoms with Gasteiger partial charge in [-0.2, -0.15) is 0 Å². The molecule has 2 N–H and O–H groups in total. The van der Waals surface area contributed by atoms with Crippen LogP contribution in [-0.2, 0) is 9.84 Å². The number of carboxylic acid groups (broad SMARTS) is 1. The molecule has 7 nitrogen and oxygen atoms in total. The highest BCUT2D eigenvalue weighted by molar-refractivity contribution is 7.91. The van der Waals surface area contributed by atoms with E-state index in [1.54, 1.807) is 19.1 Å². The molecule has 3 rings (SSSR count). The number of fused-ring (bicyclic) bond motifs is 1. The summed E-state index contributed by atoms with van der Waals surface area (Å²) in [6.45, 7) is 1.75. The van der Waals surface area contributed by atoms with Crippen LogP contribution in [0.25, 0.3) is 11.2 Å². The van der Waals surface area contributed by atoms with Crippen LogP contribution in [0.15, 0.2) is 46.5 Å². The van der Waals surface area contributed by atoms with Gasteiger partial charge in [-0.1, -0.05) is 12.1 Å². The molecule has 0 amide bonds. The van der Waals surface area contributed by atoms with E-state index in [0.29, 0.717) is 5.52 Å². The maximum atomic E-state index is 12.7. The Morgan fingerprint density at radius 3 is 2.68 bits per heavy atom. The largest absolute Gasteiger partial charge is 0.476 e. The molecule has 0 unspecified atom stereocenters. The van der Waals surface area contributed by atoms with Gasteiger partial charge in [-0.3, -0.25) is 0 Å². The van der Waals surface area contributed by atoms with Gasteiger partial charge in [0.2, 0.25) is 9.84 Å². The molecular formula is C14H11N3O4S. The van der Waals surface area contributed by atoms with Crippen LogP contribution >= 0.6 is 0 Å². The summed E-state index contributed by atoms with van der Waals surface area (Å²) < 4.78 is 25.4. The van der Waals surface area contributed by atoms with Crippen LogP contribution in [0.4, 0.5) is 0 Å².